The number of hydrogen-bond donors (Lipinski definition) is 1. The molecule has 1 heterocycles. The quantitative estimate of drug-likeness (QED) is 0.680. The summed E-state index contributed by atoms with van der Waals surface area (Å²) in [5, 5.41) is 4.20. The number of aryl methyl sites for hydroxylation is 1. The lowest BCUT2D eigenvalue weighted by atomic mass is 10.1. The molecule has 0 saturated carbocycles. The SMILES string of the molecule is CCCCc1oc2ccccc2c1CN(C)C(=O)CNCCOC. The van der Waals surface area contributed by atoms with Crippen LogP contribution in [0.5, 0.6) is 0 Å². The number of methoxy groups -OCH3 is 1. The fraction of sp³-hybridized carbons (Fsp3) is 0.526. The first-order valence-corrected chi connectivity index (χ1v) is 8.60. The van der Waals surface area contributed by atoms with Crippen LogP contribution in [-0.4, -0.2) is 44.7 Å². The normalized spacial score (nSPS) is 11.1. The molecule has 0 saturated heterocycles. The highest BCUT2D eigenvalue weighted by Crippen LogP contribution is 2.28. The lowest BCUT2D eigenvalue weighted by molar-refractivity contribution is -0.129. The van der Waals surface area contributed by atoms with E-state index in [4.69, 9.17) is 9.15 Å². The molecule has 0 aliphatic rings. The second kappa shape index (κ2) is 9.45. The summed E-state index contributed by atoms with van der Waals surface area (Å²) in [6.07, 6.45) is 3.12. The molecule has 0 radical (unpaired) electrons. The molecule has 24 heavy (non-hydrogen) atoms. The number of amides is 1. The predicted molar refractivity (Wildman–Crippen MR) is 96.0 cm³/mol. The van der Waals surface area contributed by atoms with Gasteiger partial charge in [0.25, 0.3) is 0 Å². The average molecular weight is 332 g/mol. The van der Waals surface area contributed by atoms with Crippen LogP contribution in [0.3, 0.4) is 0 Å². The van der Waals surface area contributed by atoms with E-state index in [9.17, 15) is 4.79 Å². The van der Waals surface area contributed by atoms with Gasteiger partial charge in [-0.05, 0) is 12.5 Å². The van der Waals surface area contributed by atoms with Gasteiger partial charge >= 0.3 is 0 Å². The second-order valence-electron chi connectivity index (χ2n) is 6.02. The monoisotopic (exact) mass is 332 g/mol. The fourth-order valence-corrected chi connectivity index (χ4v) is 2.69. The molecule has 5 heteroatoms. The summed E-state index contributed by atoms with van der Waals surface area (Å²) in [5.74, 6) is 1.07. The molecule has 5 nitrogen and oxygen atoms in total. The molecule has 0 unspecified atom stereocenters. The number of rotatable bonds is 10. The lowest BCUT2D eigenvalue weighted by Gasteiger charge is -2.18. The van der Waals surface area contributed by atoms with Crippen molar-refractivity contribution >= 4 is 16.9 Å². The maximum Gasteiger partial charge on any atom is 0.236 e. The summed E-state index contributed by atoms with van der Waals surface area (Å²) in [5.41, 5.74) is 2.03. The molecule has 0 aliphatic heterocycles. The van der Waals surface area contributed by atoms with E-state index in [1.54, 1.807) is 12.0 Å². The minimum Gasteiger partial charge on any atom is -0.461 e. The number of ether oxygens (including phenoxy) is 1. The number of furan rings is 1. The fourth-order valence-electron chi connectivity index (χ4n) is 2.69. The van der Waals surface area contributed by atoms with Crippen molar-refractivity contribution in [3.05, 3.63) is 35.6 Å². The van der Waals surface area contributed by atoms with Crippen molar-refractivity contribution < 1.29 is 13.9 Å². The summed E-state index contributed by atoms with van der Waals surface area (Å²) >= 11 is 0. The largest absolute Gasteiger partial charge is 0.461 e. The molecule has 0 atom stereocenters. The number of benzene rings is 1. The Morgan fingerprint density at radius 1 is 1.33 bits per heavy atom. The van der Waals surface area contributed by atoms with Crippen LogP contribution in [0.15, 0.2) is 28.7 Å². The average Bonchev–Trinajstić information content (AvgIpc) is 2.94. The van der Waals surface area contributed by atoms with Crippen LogP contribution >= 0.6 is 0 Å². The van der Waals surface area contributed by atoms with Crippen LogP contribution in [0.2, 0.25) is 0 Å². The third-order valence-corrected chi connectivity index (χ3v) is 4.12. The molecule has 1 aromatic carbocycles. The zero-order valence-electron chi connectivity index (χ0n) is 14.9. The van der Waals surface area contributed by atoms with Crippen molar-refractivity contribution in [2.75, 3.05) is 33.9 Å². The smallest absolute Gasteiger partial charge is 0.236 e. The van der Waals surface area contributed by atoms with Gasteiger partial charge in [0, 0.05) is 44.6 Å². The lowest BCUT2D eigenvalue weighted by Crippen LogP contribution is -2.36. The second-order valence-corrected chi connectivity index (χ2v) is 6.02. The molecular formula is C19H28N2O3. The summed E-state index contributed by atoms with van der Waals surface area (Å²) in [6.45, 7) is 4.33. The molecule has 1 aromatic heterocycles. The highest BCUT2D eigenvalue weighted by Gasteiger charge is 2.17. The van der Waals surface area contributed by atoms with Crippen LogP contribution in [0.25, 0.3) is 11.0 Å². The van der Waals surface area contributed by atoms with Gasteiger partial charge in [0.1, 0.15) is 11.3 Å². The summed E-state index contributed by atoms with van der Waals surface area (Å²) < 4.78 is 11.0. The van der Waals surface area contributed by atoms with Gasteiger partial charge in [-0.2, -0.15) is 0 Å². The van der Waals surface area contributed by atoms with Crippen LogP contribution in [0.1, 0.15) is 31.1 Å². The van der Waals surface area contributed by atoms with Crippen LogP contribution in [0.4, 0.5) is 0 Å². The maximum absolute atomic E-state index is 12.3. The highest BCUT2D eigenvalue weighted by molar-refractivity contribution is 5.83. The van der Waals surface area contributed by atoms with Crippen LogP contribution in [0, 0.1) is 0 Å². The zero-order chi connectivity index (χ0) is 17.4. The Morgan fingerprint density at radius 3 is 2.88 bits per heavy atom. The maximum atomic E-state index is 12.3. The Hall–Kier alpha value is -1.85. The molecule has 0 spiro atoms. The minimum atomic E-state index is 0.0674. The number of hydrogen-bond acceptors (Lipinski definition) is 4. The van der Waals surface area contributed by atoms with Gasteiger partial charge in [0.2, 0.25) is 5.91 Å². The van der Waals surface area contributed by atoms with Crippen LogP contribution in [-0.2, 0) is 22.5 Å². The first kappa shape index (κ1) is 18.5. The van der Waals surface area contributed by atoms with E-state index in [1.807, 2.05) is 25.2 Å². The zero-order valence-corrected chi connectivity index (χ0v) is 14.9. The molecule has 0 bridgehead atoms. The molecule has 2 rings (SSSR count). The van der Waals surface area contributed by atoms with Crippen molar-refractivity contribution in [3.63, 3.8) is 0 Å². The van der Waals surface area contributed by atoms with Crippen molar-refractivity contribution in [3.8, 4) is 0 Å². The molecule has 2 aromatic rings. The number of nitrogens with zero attached hydrogens (tertiary/aromatic N) is 1. The van der Waals surface area contributed by atoms with Gasteiger partial charge in [-0.3, -0.25) is 4.79 Å². The number of nitrogens with one attached hydrogen (secondary N) is 1. The Balaban J connectivity index is 2.08. The van der Waals surface area contributed by atoms with Crippen molar-refractivity contribution in [2.24, 2.45) is 0 Å². The molecule has 1 amide bonds. The molecule has 132 valence electrons. The van der Waals surface area contributed by atoms with Gasteiger partial charge < -0.3 is 19.4 Å². The number of carbonyl (C=O) groups is 1. The van der Waals surface area contributed by atoms with E-state index in [0.717, 1.165) is 41.6 Å². The molecule has 0 aliphatic carbocycles. The van der Waals surface area contributed by atoms with Gasteiger partial charge in [-0.1, -0.05) is 31.5 Å². The van der Waals surface area contributed by atoms with Crippen molar-refractivity contribution in [1.82, 2.24) is 10.2 Å². The minimum absolute atomic E-state index is 0.0674. The van der Waals surface area contributed by atoms with Gasteiger partial charge in [0.15, 0.2) is 0 Å². The topological polar surface area (TPSA) is 54.7 Å². The third-order valence-electron chi connectivity index (χ3n) is 4.12. The number of fused-ring (bicyclic) bond motifs is 1. The van der Waals surface area contributed by atoms with Crippen molar-refractivity contribution in [1.29, 1.82) is 0 Å². The Labute approximate surface area is 144 Å². The number of unbranched alkanes of at least 4 members (excludes halogenated alkanes) is 1. The van der Waals surface area contributed by atoms with E-state index in [-0.39, 0.29) is 5.91 Å². The predicted octanol–water partition coefficient (Wildman–Crippen LogP) is 2.97. The van der Waals surface area contributed by atoms with Gasteiger partial charge in [-0.15, -0.1) is 0 Å². The summed E-state index contributed by atoms with van der Waals surface area (Å²) in [6, 6.07) is 8.05. The summed E-state index contributed by atoms with van der Waals surface area (Å²) in [7, 11) is 3.49. The van der Waals surface area contributed by atoms with E-state index in [1.165, 1.54) is 0 Å². The molecular weight excluding hydrogens is 304 g/mol. The number of carbonyl (C=O) groups excluding carboxylic acids is 1. The molecule has 1 N–H and O–H groups in total. The van der Waals surface area contributed by atoms with Crippen molar-refractivity contribution in [2.45, 2.75) is 32.7 Å². The van der Waals surface area contributed by atoms with Gasteiger partial charge in [0.05, 0.1) is 13.2 Å². The Morgan fingerprint density at radius 2 is 2.12 bits per heavy atom. The van der Waals surface area contributed by atoms with E-state index in [2.05, 4.69) is 18.3 Å². The van der Waals surface area contributed by atoms with E-state index >= 15 is 0 Å². The van der Waals surface area contributed by atoms with Gasteiger partial charge in [-0.25, -0.2) is 0 Å². The molecule has 0 fully saturated rings. The first-order valence-electron chi connectivity index (χ1n) is 8.60. The third kappa shape index (κ3) is 4.82. The Kier molecular flexibility index (Phi) is 7.28. The highest BCUT2D eigenvalue weighted by atomic mass is 16.5. The van der Waals surface area contributed by atoms with E-state index < -0.39 is 0 Å². The Bertz CT molecular complexity index is 651. The van der Waals surface area contributed by atoms with E-state index in [0.29, 0.717) is 26.2 Å². The number of para-hydroxylation sites is 1. The number of likely N-dealkylation sites (N-methyl/N-ethyl adjacent to an activating group) is 1. The van der Waals surface area contributed by atoms with Crippen LogP contribution < -0.4 is 5.32 Å². The standard InChI is InChI=1S/C19H28N2O3/c1-4-5-9-18-16(15-8-6-7-10-17(15)24-18)14-21(2)19(22)13-20-11-12-23-3/h6-8,10,20H,4-5,9,11-14H2,1-3H3. The first-order chi connectivity index (χ1) is 11.7. The summed E-state index contributed by atoms with van der Waals surface area (Å²) in [4.78, 5) is 14.0.